The molecular weight excluding hydrogens is 353 g/mol. The molecule has 2 aromatic rings. The first-order valence-corrected chi connectivity index (χ1v) is 8.47. The number of carbonyl (C=O) groups excluding carboxylic acids is 2. The fraction of sp³-hybridized carbons (Fsp3) is 0.263. The van der Waals surface area contributed by atoms with E-state index in [2.05, 4.69) is 10.6 Å². The summed E-state index contributed by atoms with van der Waals surface area (Å²) >= 11 is 0. The molecule has 7 nitrogen and oxygen atoms in total. The average Bonchev–Trinajstić information content (AvgIpc) is 3.16. The molecule has 0 saturated heterocycles. The Morgan fingerprint density at radius 2 is 2.04 bits per heavy atom. The van der Waals surface area contributed by atoms with Crippen LogP contribution in [0.15, 0.2) is 58.3 Å². The van der Waals surface area contributed by atoms with E-state index in [-0.39, 0.29) is 24.5 Å². The number of nitrogens with zero attached hydrogens (tertiary/aromatic N) is 1. The number of likely N-dealkylation sites (N-methyl/N-ethyl adjacent to an activating group) is 1. The number of urea groups is 1. The van der Waals surface area contributed by atoms with E-state index >= 15 is 0 Å². The van der Waals surface area contributed by atoms with Crippen molar-refractivity contribution in [2.45, 2.75) is 13.0 Å². The molecule has 0 saturated carbocycles. The topological polar surface area (TPSA) is 83.8 Å². The first-order valence-electron chi connectivity index (χ1n) is 8.47. The monoisotopic (exact) mass is 373 g/mol. The van der Waals surface area contributed by atoms with Gasteiger partial charge in [0, 0.05) is 12.7 Å². The van der Waals surface area contributed by atoms with Crippen molar-refractivity contribution in [3.8, 4) is 0 Å². The standard InChI is InChI=1S/C19H20FN3O4/c1-3-26-18(24)16-14(11-23(2)13-8-6-12(20)7-9-13)21-19(25)22-17(16)15-5-4-10-27-15/h4-10,17H,3,11H2,1-2H3,(H2,21,22,25)/t17-/m0/s1. The van der Waals surface area contributed by atoms with Crippen molar-refractivity contribution in [2.75, 3.05) is 25.1 Å². The van der Waals surface area contributed by atoms with Gasteiger partial charge in [-0.3, -0.25) is 0 Å². The number of halogens is 1. The van der Waals surface area contributed by atoms with Crippen LogP contribution in [0.25, 0.3) is 0 Å². The minimum Gasteiger partial charge on any atom is -0.467 e. The summed E-state index contributed by atoms with van der Waals surface area (Å²) in [5.74, 6) is -0.463. The molecule has 1 aliphatic heterocycles. The van der Waals surface area contributed by atoms with Crippen LogP contribution in [-0.2, 0) is 9.53 Å². The van der Waals surface area contributed by atoms with Crippen molar-refractivity contribution in [1.82, 2.24) is 10.6 Å². The van der Waals surface area contributed by atoms with Gasteiger partial charge in [-0.1, -0.05) is 0 Å². The maximum absolute atomic E-state index is 13.2. The van der Waals surface area contributed by atoms with Gasteiger partial charge >= 0.3 is 12.0 Å². The van der Waals surface area contributed by atoms with E-state index in [4.69, 9.17) is 9.15 Å². The third-order valence-electron chi connectivity index (χ3n) is 4.14. The van der Waals surface area contributed by atoms with Crippen molar-refractivity contribution in [3.63, 3.8) is 0 Å². The Labute approximate surface area is 155 Å². The predicted octanol–water partition coefficient (Wildman–Crippen LogP) is 2.73. The lowest BCUT2D eigenvalue weighted by Crippen LogP contribution is -2.48. The van der Waals surface area contributed by atoms with Gasteiger partial charge in [0.25, 0.3) is 0 Å². The SMILES string of the molecule is CCOC(=O)C1=C(CN(C)c2ccc(F)cc2)NC(=O)N[C@H]1c1ccco1. The number of ether oxygens (including phenoxy) is 1. The number of anilines is 1. The summed E-state index contributed by atoms with van der Waals surface area (Å²) in [5.41, 5.74) is 1.39. The van der Waals surface area contributed by atoms with Crippen molar-refractivity contribution in [3.05, 3.63) is 65.5 Å². The van der Waals surface area contributed by atoms with Gasteiger partial charge in [-0.25, -0.2) is 14.0 Å². The maximum Gasteiger partial charge on any atom is 0.338 e. The Hall–Kier alpha value is -3.29. The highest BCUT2D eigenvalue weighted by molar-refractivity contribution is 5.95. The molecule has 142 valence electrons. The number of nitrogens with one attached hydrogen (secondary N) is 2. The zero-order chi connectivity index (χ0) is 19.4. The van der Waals surface area contributed by atoms with Gasteiger partial charge in [0.15, 0.2) is 0 Å². The minimum atomic E-state index is -0.760. The quantitative estimate of drug-likeness (QED) is 0.761. The fourth-order valence-electron chi connectivity index (χ4n) is 2.89. The molecule has 2 amide bonds. The summed E-state index contributed by atoms with van der Waals surface area (Å²) in [5, 5.41) is 5.37. The second kappa shape index (κ2) is 7.94. The number of furan rings is 1. The summed E-state index contributed by atoms with van der Waals surface area (Å²) in [6.45, 7) is 2.12. The summed E-state index contributed by atoms with van der Waals surface area (Å²) in [6, 6.07) is 8.07. The van der Waals surface area contributed by atoms with Crippen LogP contribution < -0.4 is 15.5 Å². The van der Waals surface area contributed by atoms with Crippen LogP contribution in [-0.4, -0.2) is 32.2 Å². The van der Waals surface area contributed by atoms with Crippen LogP contribution in [0.4, 0.5) is 14.9 Å². The van der Waals surface area contributed by atoms with E-state index in [1.54, 1.807) is 43.1 Å². The predicted molar refractivity (Wildman–Crippen MR) is 96.4 cm³/mol. The average molecular weight is 373 g/mol. The van der Waals surface area contributed by atoms with Gasteiger partial charge in [0.2, 0.25) is 0 Å². The molecule has 2 N–H and O–H groups in total. The molecule has 0 bridgehead atoms. The lowest BCUT2D eigenvalue weighted by molar-refractivity contribution is -0.139. The van der Waals surface area contributed by atoms with Gasteiger partial charge in [-0.15, -0.1) is 0 Å². The van der Waals surface area contributed by atoms with Gasteiger partial charge in [0.05, 0.1) is 30.7 Å². The zero-order valence-corrected chi connectivity index (χ0v) is 15.0. The summed E-state index contributed by atoms with van der Waals surface area (Å²) in [6.07, 6.45) is 1.47. The fourth-order valence-corrected chi connectivity index (χ4v) is 2.89. The highest BCUT2D eigenvalue weighted by Gasteiger charge is 2.35. The normalized spacial score (nSPS) is 16.6. The van der Waals surface area contributed by atoms with Crippen LogP contribution in [0, 0.1) is 5.82 Å². The lowest BCUT2D eigenvalue weighted by atomic mass is 10.00. The molecule has 0 spiro atoms. The summed E-state index contributed by atoms with van der Waals surface area (Å²) < 4.78 is 23.7. The number of esters is 1. The van der Waals surface area contributed by atoms with E-state index in [0.717, 1.165) is 5.69 Å². The van der Waals surface area contributed by atoms with Crippen LogP contribution in [0.1, 0.15) is 18.7 Å². The van der Waals surface area contributed by atoms with Gasteiger partial charge < -0.3 is 24.7 Å². The van der Waals surface area contributed by atoms with E-state index < -0.39 is 18.0 Å². The first-order chi connectivity index (χ1) is 13.0. The lowest BCUT2D eigenvalue weighted by Gasteiger charge is -2.30. The van der Waals surface area contributed by atoms with Gasteiger partial charge in [-0.05, 0) is 43.3 Å². The number of amides is 2. The minimum absolute atomic E-state index is 0.197. The smallest absolute Gasteiger partial charge is 0.338 e. The number of hydrogen-bond donors (Lipinski definition) is 2. The molecule has 1 aromatic heterocycles. The van der Waals surface area contributed by atoms with Crippen molar-refractivity contribution < 1.29 is 23.1 Å². The molecule has 8 heteroatoms. The van der Waals surface area contributed by atoms with Crippen LogP contribution >= 0.6 is 0 Å². The molecular formula is C19H20FN3O4. The van der Waals surface area contributed by atoms with Gasteiger partial charge in [-0.2, -0.15) is 0 Å². The molecule has 0 unspecified atom stereocenters. The van der Waals surface area contributed by atoms with E-state index in [1.165, 1.54) is 18.4 Å². The second-order valence-electron chi connectivity index (χ2n) is 5.99. The first kappa shape index (κ1) is 18.5. The zero-order valence-electron chi connectivity index (χ0n) is 15.0. The van der Waals surface area contributed by atoms with Crippen molar-refractivity contribution >= 4 is 17.7 Å². The molecule has 1 aromatic carbocycles. The third-order valence-corrected chi connectivity index (χ3v) is 4.14. The molecule has 1 atom stereocenters. The summed E-state index contributed by atoms with van der Waals surface area (Å²) in [4.78, 5) is 26.5. The highest BCUT2D eigenvalue weighted by atomic mass is 19.1. The molecule has 1 aliphatic rings. The Morgan fingerprint density at radius 3 is 2.67 bits per heavy atom. The highest BCUT2D eigenvalue weighted by Crippen LogP contribution is 2.29. The Bertz CT molecular complexity index is 846. The number of carbonyl (C=O) groups is 2. The van der Waals surface area contributed by atoms with Gasteiger partial charge in [0.1, 0.15) is 17.6 Å². The van der Waals surface area contributed by atoms with E-state index in [1.807, 2.05) is 0 Å². The largest absolute Gasteiger partial charge is 0.467 e. The molecule has 0 radical (unpaired) electrons. The Kier molecular flexibility index (Phi) is 5.44. The van der Waals surface area contributed by atoms with Crippen molar-refractivity contribution in [1.29, 1.82) is 0 Å². The summed E-state index contributed by atoms with van der Waals surface area (Å²) in [7, 11) is 1.78. The van der Waals surface area contributed by atoms with Crippen LogP contribution in [0.2, 0.25) is 0 Å². The van der Waals surface area contributed by atoms with Crippen LogP contribution in [0.3, 0.4) is 0 Å². The molecule has 3 rings (SSSR count). The van der Waals surface area contributed by atoms with E-state index in [9.17, 15) is 14.0 Å². The van der Waals surface area contributed by atoms with E-state index in [0.29, 0.717) is 11.5 Å². The molecule has 27 heavy (non-hydrogen) atoms. The van der Waals surface area contributed by atoms with Crippen molar-refractivity contribution in [2.24, 2.45) is 0 Å². The maximum atomic E-state index is 13.2. The number of benzene rings is 1. The Balaban J connectivity index is 1.97. The van der Waals surface area contributed by atoms with Crippen LogP contribution in [0.5, 0.6) is 0 Å². The second-order valence-corrected chi connectivity index (χ2v) is 5.99. The number of hydrogen-bond acceptors (Lipinski definition) is 5. The Morgan fingerprint density at radius 1 is 1.30 bits per heavy atom. The molecule has 0 fully saturated rings. The number of rotatable bonds is 6. The third kappa shape index (κ3) is 4.11. The molecule has 2 heterocycles. The molecule has 0 aliphatic carbocycles.